The molecule has 0 bridgehead atoms. The second-order valence-electron chi connectivity index (χ2n) is 4.23. The standard InChI is InChI=1S/C11H16N4O2/c1-12-10-5-4-9(15(16)17)11(14-10)13-7-6-8-2-3-8/h4-5,8H,2-3,6-7H2,1H3,(H2,12,13,14). The number of nitrogens with zero attached hydrogens (tertiary/aromatic N) is 2. The van der Waals surface area contributed by atoms with Crippen LogP contribution in [0, 0.1) is 16.0 Å². The minimum absolute atomic E-state index is 0.0276. The molecule has 1 aliphatic rings. The molecule has 1 aromatic rings. The highest BCUT2D eigenvalue weighted by Gasteiger charge is 2.21. The second-order valence-corrected chi connectivity index (χ2v) is 4.23. The quantitative estimate of drug-likeness (QED) is 0.585. The van der Waals surface area contributed by atoms with Crippen molar-refractivity contribution in [1.29, 1.82) is 0 Å². The van der Waals surface area contributed by atoms with Crippen LogP contribution in [-0.4, -0.2) is 23.5 Å². The number of rotatable bonds is 6. The highest BCUT2D eigenvalue weighted by Crippen LogP contribution is 2.32. The normalized spacial score (nSPS) is 14.4. The Morgan fingerprint density at radius 1 is 1.53 bits per heavy atom. The zero-order valence-corrected chi connectivity index (χ0v) is 9.77. The van der Waals surface area contributed by atoms with Gasteiger partial charge >= 0.3 is 5.69 Å². The first-order valence-corrected chi connectivity index (χ1v) is 5.77. The molecule has 2 rings (SSSR count). The predicted octanol–water partition coefficient (Wildman–Crippen LogP) is 2.24. The maximum Gasteiger partial charge on any atom is 0.311 e. The summed E-state index contributed by atoms with van der Waals surface area (Å²) in [7, 11) is 1.74. The van der Waals surface area contributed by atoms with Crippen molar-refractivity contribution in [2.24, 2.45) is 5.92 Å². The molecule has 0 aromatic carbocycles. The van der Waals surface area contributed by atoms with E-state index in [4.69, 9.17) is 0 Å². The highest BCUT2D eigenvalue weighted by atomic mass is 16.6. The molecule has 0 spiro atoms. The molecule has 1 heterocycles. The van der Waals surface area contributed by atoms with Gasteiger partial charge in [0, 0.05) is 19.7 Å². The fourth-order valence-corrected chi connectivity index (χ4v) is 1.67. The first-order valence-electron chi connectivity index (χ1n) is 5.77. The zero-order chi connectivity index (χ0) is 12.3. The third-order valence-electron chi connectivity index (χ3n) is 2.87. The number of nitro groups is 1. The lowest BCUT2D eigenvalue weighted by molar-refractivity contribution is -0.384. The Morgan fingerprint density at radius 2 is 2.29 bits per heavy atom. The topological polar surface area (TPSA) is 80.1 Å². The van der Waals surface area contributed by atoms with Gasteiger partial charge in [-0.3, -0.25) is 10.1 Å². The fourth-order valence-electron chi connectivity index (χ4n) is 1.67. The van der Waals surface area contributed by atoms with E-state index >= 15 is 0 Å². The SMILES string of the molecule is CNc1ccc([N+](=O)[O-])c(NCCC2CC2)n1. The summed E-state index contributed by atoms with van der Waals surface area (Å²) in [6.45, 7) is 0.742. The summed E-state index contributed by atoms with van der Waals surface area (Å²) in [5.41, 5.74) is 0.0276. The first kappa shape index (κ1) is 11.6. The molecule has 0 saturated heterocycles. The van der Waals surface area contributed by atoms with Gasteiger partial charge in [-0.05, 0) is 18.4 Å². The lowest BCUT2D eigenvalue weighted by Gasteiger charge is -2.07. The van der Waals surface area contributed by atoms with Gasteiger partial charge in [0.15, 0.2) is 0 Å². The van der Waals surface area contributed by atoms with E-state index in [1.807, 2.05) is 0 Å². The second kappa shape index (κ2) is 4.99. The first-order chi connectivity index (χ1) is 8.20. The summed E-state index contributed by atoms with van der Waals surface area (Å²) in [5, 5.41) is 16.8. The van der Waals surface area contributed by atoms with Gasteiger partial charge in [-0.1, -0.05) is 12.8 Å². The van der Waals surface area contributed by atoms with Gasteiger partial charge in [-0.15, -0.1) is 0 Å². The molecule has 2 N–H and O–H groups in total. The van der Waals surface area contributed by atoms with Crippen LogP contribution in [0.5, 0.6) is 0 Å². The number of hydrogen-bond donors (Lipinski definition) is 2. The Balaban J connectivity index is 2.06. The van der Waals surface area contributed by atoms with Crippen LogP contribution >= 0.6 is 0 Å². The van der Waals surface area contributed by atoms with Crippen LogP contribution in [0.4, 0.5) is 17.3 Å². The van der Waals surface area contributed by atoms with E-state index in [-0.39, 0.29) is 5.69 Å². The van der Waals surface area contributed by atoms with Crippen LogP contribution in [0.25, 0.3) is 0 Å². The minimum atomic E-state index is -0.411. The van der Waals surface area contributed by atoms with E-state index in [9.17, 15) is 10.1 Å². The van der Waals surface area contributed by atoms with E-state index in [1.165, 1.54) is 18.9 Å². The van der Waals surface area contributed by atoms with Crippen molar-refractivity contribution in [2.45, 2.75) is 19.3 Å². The molecule has 1 saturated carbocycles. The summed E-state index contributed by atoms with van der Waals surface area (Å²) in [6.07, 6.45) is 3.63. The van der Waals surface area contributed by atoms with E-state index in [0.29, 0.717) is 11.6 Å². The highest BCUT2D eigenvalue weighted by molar-refractivity contribution is 5.60. The number of anilines is 2. The monoisotopic (exact) mass is 236 g/mol. The smallest absolute Gasteiger partial charge is 0.311 e. The average Bonchev–Trinajstić information content (AvgIpc) is 3.12. The molecule has 0 atom stereocenters. The van der Waals surface area contributed by atoms with E-state index in [2.05, 4.69) is 15.6 Å². The van der Waals surface area contributed by atoms with Crippen molar-refractivity contribution >= 4 is 17.3 Å². The van der Waals surface area contributed by atoms with E-state index in [0.717, 1.165) is 18.9 Å². The Bertz CT molecular complexity index is 418. The molecule has 6 heteroatoms. The lowest BCUT2D eigenvalue weighted by atomic mass is 10.3. The van der Waals surface area contributed by atoms with Gasteiger partial charge in [0.2, 0.25) is 5.82 Å². The Morgan fingerprint density at radius 3 is 2.88 bits per heavy atom. The van der Waals surface area contributed by atoms with Crippen LogP contribution in [0.3, 0.4) is 0 Å². The van der Waals surface area contributed by atoms with Crippen LogP contribution in [0.2, 0.25) is 0 Å². The van der Waals surface area contributed by atoms with Crippen LogP contribution in [-0.2, 0) is 0 Å². The molecular formula is C11H16N4O2. The summed E-state index contributed by atoms with van der Waals surface area (Å²) < 4.78 is 0. The molecule has 92 valence electrons. The Hall–Kier alpha value is -1.85. The fraction of sp³-hybridized carbons (Fsp3) is 0.545. The van der Waals surface area contributed by atoms with Crippen LogP contribution < -0.4 is 10.6 Å². The number of aromatic nitrogens is 1. The van der Waals surface area contributed by atoms with Crippen LogP contribution in [0.1, 0.15) is 19.3 Å². The summed E-state index contributed by atoms with van der Waals surface area (Å²) >= 11 is 0. The van der Waals surface area contributed by atoms with Gasteiger partial charge in [-0.25, -0.2) is 4.98 Å². The van der Waals surface area contributed by atoms with Crippen molar-refractivity contribution in [1.82, 2.24) is 4.98 Å². The molecule has 0 amide bonds. The van der Waals surface area contributed by atoms with Crippen LogP contribution in [0.15, 0.2) is 12.1 Å². The summed E-state index contributed by atoms with van der Waals surface area (Å²) in [4.78, 5) is 14.6. The minimum Gasteiger partial charge on any atom is -0.373 e. The summed E-state index contributed by atoms with van der Waals surface area (Å²) in [6, 6.07) is 3.07. The van der Waals surface area contributed by atoms with Crippen molar-refractivity contribution < 1.29 is 4.92 Å². The molecule has 0 unspecified atom stereocenters. The third-order valence-corrected chi connectivity index (χ3v) is 2.87. The van der Waals surface area contributed by atoms with Crippen molar-refractivity contribution in [2.75, 3.05) is 24.2 Å². The van der Waals surface area contributed by atoms with Crippen molar-refractivity contribution in [3.8, 4) is 0 Å². The van der Waals surface area contributed by atoms with E-state index in [1.54, 1.807) is 13.1 Å². The molecule has 1 aliphatic carbocycles. The molecule has 1 aromatic heterocycles. The zero-order valence-electron chi connectivity index (χ0n) is 9.77. The van der Waals surface area contributed by atoms with Gasteiger partial charge in [0.1, 0.15) is 5.82 Å². The molecule has 0 radical (unpaired) electrons. The van der Waals surface area contributed by atoms with Crippen molar-refractivity contribution in [3.63, 3.8) is 0 Å². The molecule has 0 aliphatic heterocycles. The molecule has 1 fully saturated rings. The predicted molar refractivity (Wildman–Crippen MR) is 66.3 cm³/mol. The van der Waals surface area contributed by atoms with Crippen molar-refractivity contribution in [3.05, 3.63) is 22.2 Å². The Kier molecular flexibility index (Phi) is 3.41. The molecular weight excluding hydrogens is 220 g/mol. The van der Waals surface area contributed by atoms with E-state index < -0.39 is 4.92 Å². The Labute approximate surface area is 99.6 Å². The van der Waals surface area contributed by atoms with Gasteiger partial charge in [0.05, 0.1) is 4.92 Å². The number of nitrogens with one attached hydrogen (secondary N) is 2. The maximum absolute atomic E-state index is 10.8. The number of pyridine rings is 1. The van der Waals surface area contributed by atoms with Gasteiger partial charge < -0.3 is 10.6 Å². The lowest BCUT2D eigenvalue weighted by Crippen LogP contribution is -2.08. The number of hydrogen-bond acceptors (Lipinski definition) is 5. The van der Waals surface area contributed by atoms with Gasteiger partial charge in [0.25, 0.3) is 0 Å². The maximum atomic E-state index is 10.8. The molecule has 6 nitrogen and oxygen atoms in total. The summed E-state index contributed by atoms with van der Waals surface area (Å²) in [5.74, 6) is 1.78. The van der Waals surface area contributed by atoms with Gasteiger partial charge in [-0.2, -0.15) is 0 Å². The average molecular weight is 236 g/mol. The largest absolute Gasteiger partial charge is 0.373 e. The molecule has 17 heavy (non-hydrogen) atoms. The third kappa shape index (κ3) is 3.05.